The molecule has 4 heteroatoms. The summed E-state index contributed by atoms with van der Waals surface area (Å²) in [6.07, 6.45) is 2.40. The maximum atomic E-state index is 5.06. The van der Waals surface area contributed by atoms with Gasteiger partial charge in [-0.15, -0.1) is 0 Å². The molecule has 1 aliphatic rings. The van der Waals surface area contributed by atoms with Crippen LogP contribution >= 0.6 is 22.6 Å². The second kappa shape index (κ2) is 2.50. The Morgan fingerprint density at radius 2 is 2.70 bits per heavy atom. The highest BCUT2D eigenvalue weighted by atomic mass is 127. The van der Waals surface area contributed by atoms with Crippen molar-refractivity contribution in [3.63, 3.8) is 0 Å². The van der Waals surface area contributed by atoms with Crippen LogP contribution in [0, 0.1) is 3.70 Å². The Morgan fingerprint density at radius 3 is 3.20 bits per heavy atom. The molecule has 1 aliphatic heterocycles. The predicted molar refractivity (Wildman–Crippen MR) is 44.7 cm³/mol. The Labute approximate surface area is 72.5 Å². The number of halogens is 1. The van der Waals surface area contributed by atoms with Crippen molar-refractivity contribution < 1.29 is 4.74 Å². The van der Waals surface area contributed by atoms with Gasteiger partial charge in [0, 0.05) is 6.20 Å². The summed E-state index contributed by atoms with van der Waals surface area (Å²) in [7, 11) is 0. The van der Waals surface area contributed by atoms with Crippen molar-refractivity contribution >= 4 is 22.6 Å². The molecule has 10 heavy (non-hydrogen) atoms. The van der Waals surface area contributed by atoms with Crippen LogP contribution in [0.5, 0.6) is 0 Å². The highest BCUT2D eigenvalue weighted by Crippen LogP contribution is 2.11. The van der Waals surface area contributed by atoms with Gasteiger partial charge in [-0.1, -0.05) is 0 Å². The van der Waals surface area contributed by atoms with Crippen molar-refractivity contribution in [2.45, 2.75) is 12.6 Å². The fourth-order valence-corrected chi connectivity index (χ4v) is 1.26. The summed E-state index contributed by atoms with van der Waals surface area (Å²) in [5, 5.41) is 4.21. The number of ether oxygens (including phenoxy) is 1. The van der Waals surface area contributed by atoms with Gasteiger partial charge in [-0.25, -0.2) is 0 Å². The average molecular weight is 250 g/mol. The molecule has 2 heterocycles. The van der Waals surface area contributed by atoms with Gasteiger partial charge in [0.25, 0.3) is 0 Å². The molecule has 1 aromatic heterocycles. The summed E-state index contributed by atoms with van der Waals surface area (Å²) < 4.78 is 8.01. The van der Waals surface area contributed by atoms with E-state index in [2.05, 4.69) is 27.7 Å². The smallest absolute Gasteiger partial charge is 0.123 e. The second-order valence-electron chi connectivity index (χ2n) is 2.32. The molecule has 1 fully saturated rings. The lowest BCUT2D eigenvalue weighted by atomic mass is 10.5. The summed E-state index contributed by atoms with van der Waals surface area (Å²) in [4.78, 5) is 0. The number of aromatic nitrogens is 2. The van der Waals surface area contributed by atoms with E-state index in [1.54, 1.807) is 0 Å². The zero-order valence-corrected chi connectivity index (χ0v) is 7.48. The summed E-state index contributed by atoms with van der Waals surface area (Å²) in [6.45, 7) is 1.81. The second-order valence-corrected chi connectivity index (χ2v) is 3.42. The first-order valence-electron chi connectivity index (χ1n) is 3.15. The van der Waals surface area contributed by atoms with Crippen molar-refractivity contribution in [3.05, 3.63) is 16.0 Å². The summed E-state index contributed by atoms with van der Waals surface area (Å²) in [6, 6.07) is 1.99. The maximum absolute atomic E-state index is 5.06. The van der Waals surface area contributed by atoms with Gasteiger partial charge in [0.05, 0.1) is 13.2 Å². The van der Waals surface area contributed by atoms with Gasteiger partial charge >= 0.3 is 0 Å². The van der Waals surface area contributed by atoms with E-state index in [9.17, 15) is 0 Å². The molecule has 1 aromatic rings. The molecule has 1 unspecified atom stereocenters. The van der Waals surface area contributed by atoms with Crippen LogP contribution in [0.25, 0.3) is 0 Å². The van der Waals surface area contributed by atoms with Crippen LogP contribution in [0.2, 0.25) is 0 Å². The molecule has 0 aromatic carbocycles. The molecule has 2 rings (SSSR count). The molecule has 0 bridgehead atoms. The maximum Gasteiger partial charge on any atom is 0.123 e. The minimum atomic E-state index is 0.427. The van der Waals surface area contributed by atoms with Crippen LogP contribution in [0.3, 0.4) is 0 Å². The first-order valence-corrected chi connectivity index (χ1v) is 4.23. The highest BCUT2D eigenvalue weighted by Gasteiger charge is 2.22. The van der Waals surface area contributed by atoms with Crippen molar-refractivity contribution in [3.8, 4) is 0 Å². The quantitative estimate of drug-likeness (QED) is 0.576. The van der Waals surface area contributed by atoms with Crippen molar-refractivity contribution in [1.82, 2.24) is 9.78 Å². The standard InChI is InChI=1S/C6H7IN2O/c7-6-1-2-9(8-6)3-5-4-10-5/h1-2,5H,3-4H2. The fraction of sp³-hybridized carbons (Fsp3) is 0.500. The van der Waals surface area contributed by atoms with Gasteiger partial charge in [0.1, 0.15) is 9.80 Å². The predicted octanol–water partition coefficient (Wildman–Crippen LogP) is 0.886. The first kappa shape index (κ1) is 6.60. The largest absolute Gasteiger partial charge is 0.371 e. The van der Waals surface area contributed by atoms with E-state index >= 15 is 0 Å². The molecule has 0 amide bonds. The van der Waals surface area contributed by atoms with Gasteiger partial charge < -0.3 is 4.74 Å². The van der Waals surface area contributed by atoms with Crippen LogP contribution in [0.15, 0.2) is 12.3 Å². The number of hydrogen-bond donors (Lipinski definition) is 0. The topological polar surface area (TPSA) is 30.4 Å². The third-order valence-electron chi connectivity index (χ3n) is 1.40. The van der Waals surface area contributed by atoms with Crippen LogP contribution in [-0.2, 0) is 11.3 Å². The van der Waals surface area contributed by atoms with Crippen LogP contribution in [0.4, 0.5) is 0 Å². The Bertz CT molecular complexity index is 231. The van der Waals surface area contributed by atoms with Crippen molar-refractivity contribution in [2.75, 3.05) is 6.61 Å². The van der Waals surface area contributed by atoms with Crippen LogP contribution < -0.4 is 0 Å². The molecular formula is C6H7IN2O. The number of rotatable bonds is 2. The molecule has 54 valence electrons. The van der Waals surface area contributed by atoms with Gasteiger partial charge in [0.2, 0.25) is 0 Å². The third-order valence-corrected chi connectivity index (χ3v) is 1.98. The Morgan fingerprint density at radius 1 is 1.90 bits per heavy atom. The van der Waals surface area contributed by atoms with E-state index in [1.807, 2.05) is 16.9 Å². The lowest BCUT2D eigenvalue weighted by Crippen LogP contribution is -2.04. The summed E-state index contributed by atoms with van der Waals surface area (Å²) >= 11 is 2.20. The van der Waals surface area contributed by atoms with E-state index in [0.717, 1.165) is 16.9 Å². The normalized spacial score (nSPS) is 23.1. The summed E-state index contributed by atoms with van der Waals surface area (Å²) in [5.74, 6) is 0. The van der Waals surface area contributed by atoms with E-state index < -0.39 is 0 Å². The van der Waals surface area contributed by atoms with Gasteiger partial charge in [-0.3, -0.25) is 4.68 Å². The monoisotopic (exact) mass is 250 g/mol. The van der Waals surface area contributed by atoms with E-state index in [-0.39, 0.29) is 0 Å². The molecule has 0 spiro atoms. The zero-order valence-electron chi connectivity index (χ0n) is 5.33. The zero-order chi connectivity index (χ0) is 6.97. The molecule has 1 atom stereocenters. The SMILES string of the molecule is Ic1ccn(CC2CO2)n1. The molecule has 1 saturated heterocycles. The number of nitrogens with zero attached hydrogens (tertiary/aromatic N) is 2. The molecule has 0 saturated carbocycles. The minimum absolute atomic E-state index is 0.427. The van der Waals surface area contributed by atoms with Gasteiger partial charge in [-0.05, 0) is 28.7 Å². The Kier molecular flexibility index (Phi) is 1.65. The van der Waals surface area contributed by atoms with E-state index in [1.165, 1.54) is 0 Å². The molecule has 0 radical (unpaired) electrons. The Hall–Kier alpha value is -0.100. The van der Waals surface area contributed by atoms with Gasteiger partial charge in [-0.2, -0.15) is 5.10 Å². The van der Waals surface area contributed by atoms with E-state index in [0.29, 0.717) is 6.10 Å². The third kappa shape index (κ3) is 1.49. The molecular weight excluding hydrogens is 243 g/mol. The molecule has 0 N–H and O–H groups in total. The lowest BCUT2D eigenvalue weighted by Gasteiger charge is -1.93. The Balaban J connectivity index is 2.03. The highest BCUT2D eigenvalue weighted by molar-refractivity contribution is 14.1. The van der Waals surface area contributed by atoms with E-state index in [4.69, 9.17) is 4.74 Å². The molecule has 3 nitrogen and oxygen atoms in total. The first-order chi connectivity index (χ1) is 4.84. The van der Waals surface area contributed by atoms with Crippen LogP contribution in [-0.4, -0.2) is 22.5 Å². The molecule has 0 aliphatic carbocycles. The van der Waals surface area contributed by atoms with Crippen molar-refractivity contribution in [1.29, 1.82) is 0 Å². The average Bonchev–Trinajstić information content (AvgIpc) is 2.59. The summed E-state index contributed by atoms with van der Waals surface area (Å²) in [5.41, 5.74) is 0. The van der Waals surface area contributed by atoms with Crippen LogP contribution in [0.1, 0.15) is 0 Å². The lowest BCUT2D eigenvalue weighted by molar-refractivity contribution is 0.373. The van der Waals surface area contributed by atoms with Crippen molar-refractivity contribution in [2.24, 2.45) is 0 Å². The number of hydrogen-bond acceptors (Lipinski definition) is 2. The fourth-order valence-electron chi connectivity index (χ4n) is 0.821. The minimum Gasteiger partial charge on any atom is -0.371 e. The van der Waals surface area contributed by atoms with Gasteiger partial charge in [0.15, 0.2) is 0 Å². The number of epoxide rings is 1.